The number of hydrogen-bond acceptors (Lipinski definition) is 5. The minimum absolute atomic E-state index is 0.0223. The number of piperidine rings is 2. The molecule has 0 radical (unpaired) electrons. The maximum absolute atomic E-state index is 13.0. The largest absolute Gasteiger partial charge is 0.417 e. The van der Waals surface area contributed by atoms with E-state index < -0.39 is 15.8 Å². The number of carbonyl (C=O) groups is 1. The number of likely N-dealkylation sites (tertiary alicyclic amines) is 1. The van der Waals surface area contributed by atoms with E-state index in [2.05, 4.69) is 4.98 Å². The van der Waals surface area contributed by atoms with Crippen molar-refractivity contribution in [3.05, 3.63) is 28.7 Å². The first-order valence-electron chi connectivity index (χ1n) is 8.66. The van der Waals surface area contributed by atoms with Crippen molar-refractivity contribution in [2.45, 2.75) is 30.6 Å². The summed E-state index contributed by atoms with van der Waals surface area (Å²) in [7, 11) is -1.82. The zero-order valence-corrected chi connectivity index (χ0v) is 15.3. The first-order valence-corrected chi connectivity index (χ1v) is 10.1. The van der Waals surface area contributed by atoms with Gasteiger partial charge in [-0.05, 0) is 42.9 Å². The average molecular weight is 379 g/mol. The quantitative estimate of drug-likeness (QED) is 0.843. The number of hydrogen-bond donors (Lipinski definition) is 1. The summed E-state index contributed by atoms with van der Waals surface area (Å²) < 4.78 is 32.3. The van der Waals surface area contributed by atoms with E-state index in [0.717, 1.165) is 19.3 Å². The normalized spacial score (nSPS) is 21.6. The molecule has 1 N–H and O–H groups in total. The maximum Gasteiger partial charge on any atom is 0.417 e. The van der Waals surface area contributed by atoms with Crippen molar-refractivity contribution in [2.24, 2.45) is 5.41 Å². The topological polar surface area (TPSA) is 104 Å². The number of H-pyrrole nitrogens is 1. The molecule has 0 atom stereocenters. The summed E-state index contributed by atoms with van der Waals surface area (Å²) in [5, 5.41) is 0. The van der Waals surface area contributed by atoms with Gasteiger partial charge in [0.25, 0.3) is 0 Å². The highest BCUT2D eigenvalue weighted by Crippen LogP contribution is 2.41. The van der Waals surface area contributed by atoms with Crippen LogP contribution in [0.1, 0.15) is 25.7 Å². The van der Waals surface area contributed by atoms with E-state index in [1.165, 1.54) is 22.5 Å². The Balaban J connectivity index is 1.54. The summed E-state index contributed by atoms with van der Waals surface area (Å²) in [5.74, 6) is -0.446. The first-order chi connectivity index (χ1) is 12.3. The highest BCUT2D eigenvalue weighted by atomic mass is 32.2. The van der Waals surface area contributed by atoms with Crippen LogP contribution in [-0.4, -0.2) is 55.2 Å². The molecule has 3 heterocycles. The number of aromatic nitrogens is 1. The molecule has 140 valence electrons. The zero-order valence-electron chi connectivity index (χ0n) is 14.5. The number of sulfonamides is 1. The van der Waals surface area contributed by atoms with Crippen LogP contribution in [0.2, 0.25) is 0 Å². The Bertz CT molecular complexity index is 1010. The third-order valence-corrected chi connectivity index (χ3v) is 7.57. The van der Waals surface area contributed by atoms with Crippen LogP contribution in [-0.2, 0) is 14.8 Å². The van der Waals surface area contributed by atoms with Gasteiger partial charge in [-0.15, -0.1) is 0 Å². The van der Waals surface area contributed by atoms with Crippen molar-refractivity contribution in [1.29, 1.82) is 0 Å². The molecular formula is C17H21N3O5S. The van der Waals surface area contributed by atoms with Crippen LogP contribution in [0.3, 0.4) is 0 Å². The average Bonchev–Trinajstić information content (AvgIpc) is 2.98. The number of rotatable bonds is 2. The minimum atomic E-state index is -3.63. The Morgan fingerprint density at radius 2 is 1.88 bits per heavy atom. The van der Waals surface area contributed by atoms with Crippen LogP contribution >= 0.6 is 0 Å². The fourth-order valence-corrected chi connectivity index (χ4v) is 5.55. The van der Waals surface area contributed by atoms with Gasteiger partial charge < -0.3 is 9.32 Å². The van der Waals surface area contributed by atoms with E-state index in [-0.39, 0.29) is 16.2 Å². The molecule has 26 heavy (non-hydrogen) atoms. The first kappa shape index (κ1) is 17.3. The lowest BCUT2D eigenvalue weighted by molar-refractivity contribution is -0.136. The molecule has 0 aliphatic carbocycles. The Kier molecular flexibility index (Phi) is 3.96. The number of nitrogens with zero attached hydrogens (tertiary/aromatic N) is 2. The summed E-state index contributed by atoms with van der Waals surface area (Å²) in [5.41, 5.74) is 0.729. The molecule has 2 aliphatic heterocycles. The van der Waals surface area contributed by atoms with Crippen molar-refractivity contribution in [1.82, 2.24) is 14.2 Å². The van der Waals surface area contributed by atoms with Crippen LogP contribution in [0.5, 0.6) is 0 Å². The number of oxazole rings is 1. The number of benzene rings is 1. The van der Waals surface area contributed by atoms with Crippen molar-refractivity contribution in [3.63, 3.8) is 0 Å². The molecule has 2 saturated heterocycles. The van der Waals surface area contributed by atoms with Gasteiger partial charge in [-0.25, -0.2) is 13.2 Å². The second-order valence-corrected chi connectivity index (χ2v) is 9.26. The zero-order chi connectivity index (χ0) is 18.5. The van der Waals surface area contributed by atoms with Crippen LogP contribution in [0, 0.1) is 5.41 Å². The fraction of sp³-hybridized carbons (Fsp3) is 0.529. The maximum atomic E-state index is 13.0. The van der Waals surface area contributed by atoms with Crippen LogP contribution < -0.4 is 5.76 Å². The number of fused-ring (bicyclic) bond motifs is 1. The standard InChI is InChI=1S/C17H21N3O5S/c1-19-11-17(5-4-15(19)21)6-8-20(9-7-17)26(23,24)12-2-3-14-13(10-12)18-16(22)25-14/h2-3,10H,4-9,11H2,1H3,(H,18,22). The predicted molar refractivity (Wildman–Crippen MR) is 94.1 cm³/mol. The molecule has 0 unspecified atom stereocenters. The fourth-order valence-electron chi connectivity index (χ4n) is 4.08. The van der Waals surface area contributed by atoms with Gasteiger partial charge in [0.05, 0.1) is 10.4 Å². The SMILES string of the molecule is CN1CC2(CCC1=O)CCN(S(=O)(=O)c1ccc3oc(=O)[nH]c3c1)CC2. The monoisotopic (exact) mass is 379 g/mol. The molecule has 1 amide bonds. The third kappa shape index (κ3) is 2.84. The van der Waals surface area contributed by atoms with Gasteiger partial charge >= 0.3 is 5.76 Å². The molecule has 2 fully saturated rings. The highest BCUT2D eigenvalue weighted by molar-refractivity contribution is 7.89. The summed E-state index contributed by atoms with van der Waals surface area (Å²) in [4.78, 5) is 27.4. The van der Waals surface area contributed by atoms with Crippen molar-refractivity contribution in [3.8, 4) is 0 Å². The Morgan fingerprint density at radius 1 is 1.15 bits per heavy atom. The van der Waals surface area contributed by atoms with E-state index >= 15 is 0 Å². The highest BCUT2D eigenvalue weighted by Gasteiger charge is 2.42. The lowest BCUT2D eigenvalue weighted by atomic mass is 9.73. The van der Waals surface area contributed by atoms with E-state index in [9.17, 15) is 18.0 Å². The summed E-state index contributed by atoms with van der Waals surface area (Å²) in [6.07, 6.45) is 2.85. The molecule has 4 rings (SSSR count). The molecule has 0 saturated carbocycles. The summed E-state index contributed by atoms with van der Waals surface area (Å²) >= 11 is 0. The van der Waals surface area contributed by atoms with Gasteiger partial charge in [-0.3, -0.25) is 9.78 Å². The molecule has 9 heteroatoms. The van der Waals surface area contributed by atoms with Gasteiger partial charge in [0.15, 0.2) is 5.58 Å². The van der Waals surface area contributed by atoms with Gasteiger partial charge in [0.1, 0.15) is 0 Å². The predicted octanol–water partition coefficient (Wildman–Crippen LogP) is 1.14. The molecule has 1 spiro atoms. The summed E-state index contributed by atoms with van der Waals surface area (Å²) in [6, 6.07) is 4.39. The van der Waals surface area contributed by atoms with Gasteiger partial charge in [0, 0.05) is 33.1 Å². The molecule has 1 aromatic carbocycles. The lowest BCUT2D eigenvalue weighted by Crippen LogP contribution is -2.51. The van der Waals surface area contributed by atoms with Crippen molar-refractivity contribution >= 4 is 27.0 Å². The Morgan fingerprint density at radius 3 is 2.58 bits per heavy atom. The van der Waals surface area contributed by atoms with E-state index in [4.69, 9.17) is 4.42 Å². The molecular weight excluding hydrogens is 358 g/mol. The van der Waals surface area contributed by atoms with Gasteiger partial charge in [0.2, 0.25) is 15.9 Å². The molecule has 2 aliphatic rings. The van der Waals surface area contributed by atoms with Crippen LogP contribution in [0.25, 0.3) is 11.1 Å². The molecule has 8 nitrogen and oxygen atoms in total. The molecule has 1 aromatic heterocycles. The number of nitrogens with one attached hydrogen (secondary N) is 1. The Hall–Kier alpha value is -2.13. The molecule has 0 bridgehead atoms. The second-order valence-electron chi connectivity index (χ2n) is 7.33. The van der Waals surface area contributed by atoms with E-state index in [0.29, 0.717) is 37.2 Å². The van der Waals surface area contributed by atoms with Crippen LogP contribution in [0.15, 0.2) is 32.3 Å². The van der Waals surface area contributed by atoms with Crippen molar-refractivity contribution < 1.29 is 17.6 Å². The van der Waals surface area contributed by atoms with E-state index in [1.54, 1.807) is 4.90 Å². The number of aromatic amines is 1. The number of amides is 1. The Labute approximate surface area is 150 Å². The molecule has 2 aromatic rings. The number of carbonyl (C=O) groups excluding carboxylic acids is 1. The lowest BCUT2D eigenvalue weighted by Gasteiger charge is -2.46. The minimum Gasteiger partial charge on any atom is -0.408 e. The smallest absolute Gasteiger partial charge is 0.408 e. The second kappa shape index (κ2) is 5.95. The van der Waals surface area contributed by atoms with E-state index in [1.807, 2.05) is 7.05 Å². The van der Waals surface area contributed by atoms with Gasteiger partial charge in [-0.1, -0.05) is 0 Å². The summed E-state index contributed by atoms with van der Waals surface area (Å²) in [6.45, 7) is 1.57. The van der Waals surface area contributed by atoms with Crippen molar-refractivity contribution in [2.75, 3.05) is 26.7 Å². The van der Waals surface area contributed by atoms with Crippen LogP contribution in [0.4, 0.5) is 0 Å². The van der Waals surface area contributed by atoms with Gasteiger partial charge in [-0.2, -0.15) is 4.31 Å². The third-order valence-electron chi connectivity index (χ3n) is 5.68.